The molecule has 0 unspecified atom stereocenters. The molecule has 1 aliphatic rings. The van der Waals surface area contributed by atoms with Crippen molar-refractivity contribution in [3.63, 3.8) is 0 Å². The van der Waals surface area contributed by atoms with Gasteiger partial charge in [-0.05, 0) is 18.6 Å². The van der Waals surface area contributed by atoms with Crippen molar-refractivity contribution in [2.75, 3.05) is 52.3 Å². The van der Waals surface area contributed by atoms with Crippen molar-refractivity contribution in [3.8, 4) is 11.5 Å². The Hall–Kier alpha value is -2.48. The lowest BCUT2D eigenvalue weighted by molar-refractivity contribution is -0.124. The van der Waals surface area contributed by atoms with Gasteiger partial charge in [0, 0.05) is 32.2 Å². The molecule has 1 heterocycles. The number of piperazine rings is 1. The summed E-state index contributed by atoms with van der Waals surface area (Å²) in [7, 11) is 3.10. The van der Waals surface area contributed by atoms with Gasteiger partial charge in [0.15, 0.2) is 0 Å². The highest BCUT2D eigenvalue weighted by Gasteiger charge is 2.15. The van der Waals surface area contributed by atoms with Gasteiger partial charge in [-0.1, -0.05) is 0 Å². The fourth-order valence-electron chi connectivity index (χ4n) is 2.46. The number of nitrogens with one attached hydrogen (secondary N) is 3. The predicted molar refractivity (Wildman–Crippen MR) is 90.6 cm³/mol. The van der Waals surface area contributed by atoms with Gasteiger partial charge in [0.05, 0.1) is 26.5 Å². The van der Waals surface area contributed by atoms with Crippen LogP contribution in [-0.4, -0.2) is 63.8 Å². The first-order valence-corrected chi connectivity index (χ1v) is 7.88. The molecule has 8 nitrogen and oxygen atoms in total. The molecule has 3 amide bonds. The molecule has 0 saturated carbocycles. The lowest BCUT2D eigenvalue weighted by Gasteiger charge is -2.26. The van der Waals surface area contributed by atoms with Crippen molar-refractivity contribution < 1.29 is 19.1 Å². The van der Waals surface area contributed by atoms with Crippen molar-refractivity contribution in [2.45, 2.75) is 6.42 Å². The molecule has 24 heavy (non-hydrogen) atoms. The topological polar surface area (TPSA) is 91.9 Å². The predicted octanol–water partition coefficient (Wildman–Crippen LogP) is 0.647. The standard InChI is InChI=1S/C16H24N4O4/c1-23-12-4-5-13(14(10-12)24-2)19-16(22)18-6-3-8-20-9-7-17-15(21)11-20/h4-5,10H,3,6-9,11H2,1-2H3,(H,17,21)(H2,18,19,22). The number of carbonyl (C=O) groups is 2. The first-order chi connectivity index (χ1) is 11.6. The van der Waals surface area contributed by atoms with Crippen molar-refractivity contribution in [2.24, 2.45) is 0 Å². The Morgan fingerprint density at radius 2 is 2.17 bits per heavy atom. The molecule has 0 spiro atoms. The molecule has 8 heteroatoms. The van der Waals surface area contributed by atoms with Crippen LogP contribution in [0.1, 0.15) is 6.42 Å². The van der Waals surface area contributed by atoms with E-state index in [0.717, 1.165) is 19.5 Å². The van der Waals surface area contributed by atoms with Crippen LogP contribution in [0.15, 0.2) is 18.2 Å². The minimum absolute atomic E-state index is 0.0542. The van der Waals surface area contributed by atoms with Crippen LogP contribution in [0, 0.1) is 0 Å². The van der Waals surface area contributed by atoms with Crippen molar-refractivity contribution in [3.05, 3.63) is 18.2 Å². The number of hydrogen-bond acceptors (Lipinski definition) is 5. The molecule has 1 aliphatic heterocycles. The first kappa shape index (κ1) is 17.9. The van der Waals surface area contributed by atoms with Gasteiger partial charge >= 0.3 is 6.03 Å². The molecule has 1 aromatic rings. The zero-order valence-corrected chi connectivity index (χ0v) is 14.1. The normalized spacial score (nSPS) is 14.7. The second-order valence-electron chi connectivity index (χ2n) is 5.43. The third-order valence-electron chi connectivity index (χ3n) is 3.71. The fraction of sp³-hybridized carbons (Fsp3) is 0.500. The summed E-state index contributed by atoms with van der Waals surface area (Å²) in [4.78, 5) is 25.3. The largest absolute Gasteiger partial charge is 0.497 e. The molecule has 1 fully saturated rings. The molecule has 0 aromatic heterocycles. The highest BCUT2D eigenvalue weighted by molar-refractivity contribution is 5.91. The van der Waals surface area contributed by atoms with Crippen LogP contribution >= 0.6 is 0 Å². The Bertz CT molecular complexity index is 579. The van der Waals surface area contributed by atoms with Gasteiger partial charge in [-0.25, -0.2) is 4.79 Å². The highest BCUT2D eigenvalue weighted by atomic mass is 16.5. The number of urea groups is 1. The molecule has 0 radical (unpaired) electrons. The summed E-state index contributed by atoms with van der Waals surface area (Å²) in [6.07, 6.45) is 0.778. The Kier molecular flexibility index (Phi) is 6.68. The number of hydrogen-bond donors (Lipinski definition) is 3. The smallest absolute Gasteiger partial charge is 0.319 e. The third kappa shape index (κ3) is 5.31. The summed E-state index contributed by atoms with van der Waals surface area (Å²) >= 11 is 0. The van der Waals surface area contributed by atoms with Crippen molar-refractivity contribution >= 4 is 17.6 Å². The molecule has 2 rings (SSSR count). The van der Waals surface area contributed by atoms with Crippen LogP contribution in [0.25, 0.3) is 0 Å². The third-order valence-corrected chi connectivity index (χ3v) is 3.71. The molecule has 0 aliphatic carbocycles. The minimum Gasteiger partial charge on any atom is -0.497 e. The molecular formula is C16H24N4O4. The van der Waals surface area contributed by atoms with Crippen molar-refractivity contribution in [1.82, 2.24) is 15.5 Å². The quantitative estimate of drug-likeness (QED) is 0.636. The lowest BCUT2D eigenvalue weighted by Crippen LogP contribution is -2.48. The maximum absolute atomic E-state index is 12.0. The number of methoxy groups -OCH3 is 2. The number of anilines is 1. The Morgan fingerprint density at radius 3 is 2.88 bits per heavy atom. The monoisotopic (exact) mass is 336 g/mol. The molecule has 132 valence electrons. The van der Waals surface area contributed by atoms with E-state index in [1.54, 1.807) is 25.3 Å². The maximum Gasteiger partial charge on any atom is 0.319 e. The van der Waals surface area contributed by atoms with Crippen molar-refractivity contribution in [1.29, 1.82) is 0 Å². The Balaban J connectivity index is 1.72. The van der Waals surface area contributed by atoms with E-state index in [-0.39, 0.29) is 11.9 Å². The first-order valence-electron chi connectivity index (χ1n) is 7.88. The number of rotatable bonds is 7. The average Bonchev–Trinajstić information content (AvgIpc) is 2.59. The summed E-state index contributed by atoms with van der Waals surface area (Å²) in [6, 6.07) is 4.88. The second kappa shape index (κ2) is 8.97. The summed E-state index contributed by atoms with van der Waals surface area (Å²) in [5.74, 6) is 1.24. The average molecular weight is 336 g/mol. The number of ether oxygens (including phenoxy) is 2. The molecule has 0 atom stereocenters. The zero-order valence-electron chi connectivity index (χ0n) is 14.1. The fourth-order valence-corrected chi connectivity index (χ4v) is 2.46. The van der Waals surface area contributed by atoms with Gasteiger partial charge in [-0.3, -0.25) is 9.69 Å². The molecule has 0 bridgehead atoms. The van der Waals surface area contributed by atoms with Gasteiger partial charge in [-0.2, -0.15) is 0 Å². The SMILES string of the molecule is COc1ccc(NC(=O)NCCCN2CCNC(=O)C2)c(OC)c1. The number of amides is 3. The minimum atomic E-state index is -0.296. The Morgan fingerprint density at radius 1 is 1.33 bits per heavy atom. The van der Waals surface area contributed by atoms with Gasteiger partial charge in [0.2, 0.25) is 5.91 Å². The highest BCUT2D eigenvalue weighted by Crippen LogP contribution is 2.28. The molecule has 3 N–H and O–H groups in total. The maximum atomic E-state index is 12.0. The van der Waals surface area contributed by atoms with Gasteiger partial charge in [0.1, 0.15) is 11.5 Å². The summed E-state index contributed by atoms with van der Waals surface area (Å²) < 4.78 is 10.4. The number of carbonyl (C=O) groups excluding carboxylic acids is 2. The van der Waals surface area contributed by atoms with Crippen LogP contribution in [-0.2, 0) is 4.79 Å². The zero-order chi connectivity index (χ0) is 17.4. The molecule has 1 aromatic carbocycles. The number of benzene rings is 1. The van der Waals surface area contributed by atoms with Crippen LogP contribution in [0.4, 0.5) is 10.5 Å². The lowest BCUT2D eigenvalue weighted by atomic mass is 10.2. The second-order valence-corrected chi connectivity index (χ2v) is 5.43. The Labute approximate surface area is 141 Å². The van der Waals surface area contributed by atoms with E-state index in [1.165, 1.54) is 7.11 Å². The van der Waals surface area contributed by atoms with E-state index < -0.39 is 0 Å². The van der Waals surface area contributed by atoms with E-state index in [9.17, 15) is 9.59 Å². The van der Waals surface area contributed by atoms with Crippen LogP contribution in [0.2, 0.25) is 0 Å². The van der Waals surface area contributed by atoms with E-state index in [1.807, 2.05) is 0 Å². The van der Waals surface area contributed by atoms with Gasteiger partial charge < -0.3 is 25.4 Å². The van der Waals surface area contributed by atoms with Crippen LogP contribution in [0.3, 0.4) is 0 Å². The van der Waals surface area contributed by atoms with E-state index in [2.05, 4.69) is 20.9 Å². The van der Waals surface area contributed by atoms with Gasteiger partial charge in [0.25, 0.3) is 0 Å². The van der Waals surface area contributed by atoms with Crippen LogP contribution in [0.5, 0.6) is 11.5 Å². The van der Waals surface area contributed by atoms with E-state index in [0.29, 0.717) is 36.8 Å². The molecular weight excluding hydrogens is 312 g/mol. The van der Waals surface area contributed by atoms with E-state index >= 15 is 0 Å². The van der Waals surface area contributed by atoms with Crippen LogP contribution < -0.4 is 25.4 Å². The van der Waals surface area contributed by atoms with Gasteiger partial charge in [-0.15, -0.1) is 0 Å². The summed E-state index contributed by atoms with van der Waals surface area (Å²) in [5, 5.41) is 8.33. The molecule has 1 saturated heterocycles. The summed E-state index contributed by atoms with van der Waals surface area (Å²) in [5.41, 5.74) is 0.573. The number of nitrogens with zero attached hydrogens (tertiary/aromatic N) is 1. The van der Waals surface area contributed by atoms with E-state index in [4.69, 9.17) is 9.47 Å². The summed E-state index contributed by atoms with van der Waals surface area (Å²) in [6.45, 7) is 3.27.